The number of benzene rings is 2. The Bertz CT molecular complexity index is 890. The van der Waals surface area contributed by atoms with Crippen molar-refractivity contribution < 1.29 is 28.8 Å². The van der Waals surface area contributed by atoms with Crippen molar-refractivity contribution in [2.45, 2.75) is 12.3 Å². The van der Waals surface area contributed by atoms with E-state index in [2.05, 4.69) is 0 Å². The quantitative estimate of drug-likeness (QED) is 0.835. The highest BCUT2D eigenvalue weighted by Crippen LogP contribution is 2.50. The van der Waals surface area contributed by atoms with E-state index >= 15 is 0 Å². The number of aromatic hydroxyl groups is 1. The molecule has 1 saturated heterocycles. The van der Waals surface area contributed by atoms with Crippen LogP contribution in [0.2, 0.25) is 0 Å². The Labute approximate surface area is 157 Å². The molecular formula is C21H22O6. The zero-order chi connectivity index (χ0) is 19.1. The van der Waals surface area contributed by atoms with Crippen LogP contribution < -0.4 is 14.2 Å². The molecule has 6 nitrogen and oxygen atoms in total. The first-order valence-corrected chi connectivity index (χ1v) is 8.85. The average molecular weight is 370 g/mol. The molecule has 27 heavy (non-hydrogen) atoms. The summed E-state index contributed by atoms with van der Waals surface area (Å²) in [5.41, 5.74) is 2.97. The van der Waals surface area contributed by atoms with Crippen LogP contribution in [0.4, 0.5) is 0 Å². The standard InChI is InChI=1S/C21H22O6/c1-24-17-5-4-11(7-19(17)26-3)20-13-9-16(22)18(25-2)8-12(13)6-14-15(20)10-27-21(14)23/h4-5,7-9,14-15,20,22H,6,10H2,1-3H3/t14-,15+,20+/m1/s1. The molecule has 0 bridgehead atoms. The van der Waals surface area contributed by atoms with Gasteiger partial charge in [0.25, 0.3) is 0 Å². The number of hydrogen-bond donors (Lipinski definition) is 1. The van der Waals surface area contributed by atoms with E-state index in [4.69, 9.17) is 18.9 Å². The van der Waals surface area contributed by atoms with Crippen LogP contribution >= 0.6 is 0 Å². The smallest absolute Gasteiger partial charge is 0.309 e. The van der Waals surface area contributed by atoms with Crippen molar-refractivity contribution in [2.24, 2.45) is 11.8 Å². The zero-order valence-corrected chi connectivity index (χ0v) is 15.5. The molecule has 1 fully saturated rings. The highest BCUT2D eigenvalue weighted by Gasteiger charge is 2.47. The van der Waals surface area contributed by atoms with E-state index in [9.17, 15) is 9.90 Å². The van der Waals surface area contributed by atoms with Crippen molar-refractivity contribution in [2.75, 3.05) is 27.9 Å². The number of esters is 1. The van der Waals surface area contributed by atoms with Crippen molar-refractivity contribution >= 4 is 5.97 Å². The van der Waals surface area contributed by atoms with Crippen molar-refractivity contribution in [1.29, 1.82) is 0 Å². The summed E-state index contributed by atoms with van der Waals surface area (Å²) < 4.78 is 21.4. The summed E-state index contributed by atoms with van der Waals surface area (Å²) in [6.45, 7) is 0.370. The van der Waals surface area contributed by atoms with Gasteiger partial charge in [-0.3, -0.25) is 4.79 Å². The molecule has 0 radical (unpaired) electrons. The molecule has 0 aromatic heterocycles. The van der Waals surface area contributed by atoms with Gasteiger partial charge < -0.3 is 24.1 Å². The summed E-state index contributed by atoms with van der Waals surface area (Å²) in [7, 11) is 4.71. The second-order valence-electron chi connectivity index (χ2n) is 6.92. The van der Waals surface area contributed by atoms with Gasteiger partial charge in [0.05, 0.1) is 33.9 Å². The normalized spacial score (nSPS) is 23.2. The Kier molecular flexibility index (Phi) is 4.34. The van der Waals surface area contributed by atoms with Crippen LogP contribution in [0.15, 0.2) is 30.3 Å². The molecule has 3 atom stereocenters. The number of carbonyl (C=O) groups is 1. The molecule has 2 aromatic rings. The fourth-order valence-corrected chi connectivity index (χ4v) is 4.34. The number of cyclic esters (lactones) is 1. The second-order valence-corrected chi connectivity index (χ2v) is 6.92. The third-order valence-electron chi connectivity index (χ3n) is 5.65. The van der Waals surface area contributed by atoms with Crippen LogP contribution in [0.5, 0.6) is 23.0 Å². The van der Waals surface area contributed by atoms with E-state index in [1.165, 1.54) is 7.11 Å². The molecular weight excluding hydrogens is 348 g/mol. The molecule has 1 aliphatic heterocycles. The van der Waals surface area contributed by atoms with E-state index in [0.29, 0.717) is 30.3 Å². The summed E-state index contributed by atoms with van der Waals surface area (Å²) in [6, 6.07) is 9.33. The maximum absolute atomic E-state index is 12.3. The van der Waals surface area contributed by atoms with Gasteiger partial charge in [-0.25, -0.2) is 0 Å². The van der Waals surface area contributed by atoms with Gasteiger partial charge in [-0.1, -0.05) is 6.07 Å². The Morgan fingerprint density at radius 1 is 1.00 bits per heavy atom. The van der Waals surface area contributed by atoms with Gasteiger partial charge >= 0.3 is 5.97 Å². The Hall–Kier alpha value is -2.89. The maximum atomic E-state index is 12.3. The molecule has 2 aliphatic rings. The number of hydrogen-bond acceptors (Lipinski definition) is 6. The monoisotopic (exact) mass is 370 g/mol. The fourth-order valence-electron chi connectivity index (χ4n) is 4.34. The summed E-state index contributed by atoms with van der Waals surface area (Å²) >= 11 is 0. The van der Waals surface area contributed by atoms with E-state index < -0.39 is 0 Å². The first-order valence-electron chi connectivity index (χ1n) is 8.85. The molecule has 1 N–H and O–H groups in total. The van der Waals surface area contributed by atoms with E-state index in [1.807, 2.05) is 24.3 Å². The predicted octanol–water partition coefficient (Wildman–Crippen LogP) is 2.90. The van der Waals surface area contributed by atoms with Crippen molar-refractivity contribution in [3.8, 4) is 23.0 Å². The largest absolute Gasteiger partial charge is 0.504 e. The molecule has 0 amide bonds. The van der Waals surface area contributed by atoms with Gasteiger partial charge in [0, 0.05) is 11.8 Å². The summed E-state index contributed by atoms with van der Waals surface area (Å²) in [6.07, 6.45) is 0.583. The molecule has 142 valence electrons. The molecule has 0 unspecified atom stereocenters. The number of phenols is 1. The number of ether oxygens (including phenoxy) is 4. The number of rotatable bonds is 4. The molecule has 0 saturated carbocycles. The van der Waals surface area contributed by atoms with Crippen LogP contribution in [-0.4, -0.2) is 39.0 Å². The predicted molar refractivity (Wildman–Crippen MR) is 97.7 cm³/mol. The van der Waals surface area contributed by atoms with Crippen molar-refractivity contribution in [1.82, 2.24) is 0 Å². The number of phenolic OH excluding ortho intramolecular Hbond substituents is 1. The van der Waals surface area contributed by atoms with Crippen LogP contribution in [0.3, 0.4) is 0 Å². The lowest BCUT2D eigenvalue weighted by Crippen LogP contribution is -2.31. The third kappa shape index (κ3) is 2.76. The van der Waals surface area contributed by atoms with E-state index in [0.717, 1.165) is 16.7 Å². The molecule has 1 aliphatic carbocycles. The van der Waals surface area contributed by atoms with Gasteiger partial charge in [0.1, 0.15) is 0 Å². The molecule has 4 rings (SSSR count). The van der Waals surface area contributed by atoms with Gasteiger partial charge in [-0.05, 0) is 47.4 Å². The summed E-state index contributed by atoms with van der Waals surface area (Å²) in [4.78, 5) is 12.3. The van der Waals surface area contributed by atoms with Crippen LogP contribution in [-0.2, 0) is 16.0 Å². The Morgan fingerprint density at radius 2 is 1.74 bits per heavy atom. The fraction of sp³-hybridized carbons (Fsp3) is 0.381. The third-order valence-corrected chi connectivity index (χ3v) is 5.65. The topological polar surface area (TPSA) is 74.2 Å². The second kappa shape index (κ2) is 6.68. The van der Waals surface area contributed by atoms with Gasteiger partial charge in [-0.2, -0.15) is 0 Å². The number of fused-ring (bicyclic) bond motifs is 2. The highest BCUT2D eigenvalue weighted by atomic mass is 16.5. The Balaban J connectivity index is 1.88. The minimum atomic E-state index is -0.204. The first kappa shape index (κ1) is 17.5. The lowest BCUT2D eigenvalue weighted by Gasteiger charge is -2.34. The number of methoxy groups -OCH3 is 3. The van der Waals surface area contributed by atoms with Crippen LogP contribution in [0, 0.1) is 11.8 Å². The first-order chi connectivity index (χ1) is 13.1. The number of carbonyl (C=O) groups excluding carboxylic acids is 1. The van der Waals surface area contributed by atoms with Crippen molar-refractivity contribution in [3.05, 3.63) is 47.0 Å². The van der Waals surface area contributed by atoms with Gasteiger partial charge in [0.15, 0.2) is 23.0 Å². The zero-order valence-electron chi connectivity index (χ0n) is 15.5. The van der Waals surface area contributed by atoms with E-state index in [1.54, 1.807) is 20.3 Å². The minimum Gasteiger partial charge on any atom is -0.504 e. The SMILES string of the molecule is COc1cc2c(cc1O)[C@H](c1ccc(OC)c(OC)c1)[C@H]1COC(=O)[C@@H]1C2. The van der Waals surface area contributed by atoms with Crippen molar-refractivity contribution in [3.63, 3.8) is 0 Å². The van der Waals surface area contributed by atoms with Crippen LogP contribution in [0.1, 0.15) is 22.6 Å². The molecule has 0 spiro atoms. The lowest BCUT2D eigenvalue weighted by molar-refractivity contribution is -0.141. The minimum absolute atomic E-state index is 0.0101. The molecule has 2 aromatic carbocycles. The summed E-state index contributed by atoms with van der Waals surface area (Å²) in [5.74, 6) is 1.31. The van der Waals surface area contributed by atoms with E-state index in [-0.39, 0.29) is 29.5 Å². The average Bonchev–Trinajstić information content (AvgIpc) is 3.05. The van der Waals surface area contributed by atoms with Gasteiger partial charge in [-0.15, -0.1) is 0 Å². The Morgan fingerprint density at radius 3 is 2.44 bits per heavy atom. The van der Waals surface area contributed by atoms with Crippen LogP contribution in [0.25, 0.3) is 0 Å². The lowest BCUT2D eigenvalue weighted by atomic mass is 9.67. The summed E-state index contributed by atoms with van der Waals surface area (Å²) in [5, 5.41) is 10.3. The van der Waals surface area contributed by atoms with Gasteiger partial charge in [0.2, 0.25) is 0 Å². The molecule has 6 heteroatoms. The highest BCUT2D eigenvalue weighted by molar-refractivity contribution is 5.77. The maximum Gasteiger partial charge on any atom is 0.309 e. The molecule has 1 heterocycles.